The normalized spacial score (nSPS) is 14.5. The second kappa shape index (κ2) is 9.80. The fraction of sp³-hybridized carbons (Fsp3) is 0.350. The van der Waals surface area contributed by atoms with Gasteiger partial charge in [0.25, 0.3) is 0 Å². The third kappa shape index (κ3) is 6.47. The van der Waals surface area contributed by atoms with Crippen LogP contribution in [0.5, 0.6) is 0 Å². The smallest absolute Gasteiger partial charge is 0.238 e. The zero-order chi connectivity index (χ0) is 18.9. The third-order valence-electron chi connectivity index (χ3n) is 4.29. The van der Waals surface area contributed by atoms with Gasteiger partial charge in [0.1, 0.15) is 0 Å². The lowest BCUT2D eigenvalue weighted by Crippen LogP contribution is -2.41. The summed E-state index contributed by atoms with van der Waals surface area (Å²) in [7, 11) is 0. The summed E-state index contributed by atoms with van der Waals surface area (Å²) in [6.45, 7) is 3.25. The summed E-state index contributed by atoms with van der Waals surface area (Å²) in [4.78, 5) is 30.3. The summed E-state index contributed by atoms with van der Waals surface area (Å²) in [6, 6.07) is 11.0. The number of morpholine rings is 1. The quantitative estimate of drug-likeness (QED) is 0.780. The van der Waals surface area contributed by atoms with Crippen LogP contribution >= 0.6 is 0 Å². The minimum Gasteiger partial charge on any atom is -0.379 e. The minimum absolute atomic E-state index is 0.0508. The van der Waals surface area contributed by atoms with Crippen molar-refractivity contribution in [3.8, 4) is 0 Å². The van der Waals surface area contributed by atoms with Crippen LogP contribution in [0.1, 0.15) is 12.0 Å². The van der Waals surface area contributed by atoms with E-state index in [2.05, 4.69) is 20.5 Å². The average molecular weight is 368 g/mol. The Hall–Kier alpha value is -2.77. The van der Waals surface area contributed by atoms with Crippen LogP contribution in [-0.2, 0) is 20.7 Å². The van der Waals surface area contributed by atoms with Crippen molar-refractivity contribution in [2.75, 3.05) is 43.5 Å². The maximum atomic E-state index is 12.1. The van der Waals surface area contributed by atoms with E-state index in [1.165, 1.54) is 0 Å². The Balaban J connectivity index is 1.42. The Kier molecular flexibility index (Phi) is 6.90. The largest absolute Gasteiger partial charge is 0.379 e. The highest BCUT2D eigenvalue weighted by atomic mass is 16.5. The van der Waals surface area contributed by atoms with Crippen LogP contribution in [0.2, 0.25) is 0 Å². The molecule has 1 aromatic heterocycles. The van der Waals surface area contributed by atoms with Crippen LogP contribution in [0.25, 0.3) is 0 Å². The van der Waals surface area contributed by atoms with Gasteiger partial charge in [0, 0.05) is 43.3 Å². The lowest BCUT2D eigenvalue weighted by atomic mass is 10.1. The molecule has 0 bridgehead atoms. The number of ether oxygens (including phenoxy) is 1. The molecule has 0 saturated carbocycles. The lowest BCUT2D eigenvalue weighted by Gasteiger charge is -2.25. The SMILES string of the molecule is O=C(CCc1cccnc1)Nc1ccc(NC(=O)CN2CCOCC2)cc1. The Morgan fingerprint density at radius 1 is 1.00 bits per heavy atom. The number of hydrogen-bond donors (Lipinski definition) is 2. The van der Waals surface area contributed by atoms with Gasteiger partial charge in [-0.15, -0.1) is 0 Å². The molecular weight excluding hydrogens is 344 g/mol. The second-order valence-electron chi connectivity index (χ2n) is 6.42. The van der Waals surface area contributed by atoms with E-state index in [9.17, 15) is 9.59 Å². The molecule has 2 N–H and O–H groups in total. The summed E-state index contributed by atoms with van der Waals surface area (Å²) in [5.74, 6) is -0.104. The van der Waals surface area contributed by atoms with Gasteiger partial charge in [-0.2, -0.15) is 0 Å². The lowest BCUT2D eigenvalue weighted by molar-refractivity contribution is -0.118. The van der Waals surface area contributed by atoms with E-state index < -0.39 is 0 Å². The third-order valence-corrected chi connectivity index (χ3v) is 4.29. The van der Waals surface area contributed by atoms with Gasteiger partial charge in [0.15, 0.2) is 0 Å². The highest BCUT2D eigenvalue weighted by Crippen LogP contribution is 2.14. The van der Waals surface area contributed by atoms with Crippen LogP contribution < -0.4 is 10.6 Å². The van der Waals surface area contributed by atoms with Crippen molar-refractivity contribution in [2.45, 2.75) is 12.8 Å². The van der Waals surface area contributed by atoms with Crippen LogP contribution in [0, 0.1) is 0 Å². The molecule has 7 nitrogen and oxygen atoms in total. The van der Waals surface area contributed by atoms with Gasteiger partial charge in [0.05, 0.1) is 19.8 Å². The molecule has 27 heavy (non-hydrogen) atoms. The number of aromatic nitrogens is 1. The van der Waals surface area contributed by atoms with Crippen molar-refractivity contribution >= 4 is 23.2 Å². The fourth-order valence-electron chi connectivity index (χ4n) is 2.83. The standard InChI is InChI=1S/C20H24N4O3/c25-19(8-3-16-2-1-9-21-14-16)22-17-4-6-18(7-5-17)23-20(26)15-24-10-12-27-13-11-24/h1-2,4-7,9,14H,3,8,10-13,15H2,(H,22,25)(H,23,26). The highest BCUT2D eigenvalue weighted by molar-refractivity contribution is 5.93. The Morgan fingerprint density at radius 3 is 2.30 bits per heavy atom. The Morgan fingerprint density at radius 2 is 1.67 bits per heavy atom. The van der Waals surface area contributed by atoms with Crippen molar-refractivity contribution in [3.05, 3.63) is 54.4 Å². The van der Waals surface area contributed by atoms with Gasteiger partial charge >= 0.3 is 0 Å². The molecule has 1 aromatic carbocycles. The summed E-state index contributed by atoms with van der Waals surface area (Å²) in [5, 5.41) is 5.74. The maximum Gasteiger partial charge on any atom is 0.238 e. The number of hydrogen-bond acceptors (Lipinski definition) is 5. The second-order valence-corrected chi connectivity index (χ2v) is 6.42. The summed E-state index contributed by atoms with van der Waals surface area (Å²) in [5.41, 5.74) is 2.45. The van der Waals surface area contributed by atoms with E-state index in [-0.39, 0.29) is 11.8 Å². The van der Waals surface area contributed by atoms with Crippen molar-refractivity contribution in [3.63, 3.8) is 0 Å². The molecule has 0 unspecified atom stereocenters. The molecule has 0 radical (unpaired) electrons. The van der Waals surface area contributed by atoms with Gasteiger partial charge in [0.2, 0.25) is 11.8 Å². The Bertz CT molecular complexity index is 744. The molecule has 142 valence electrons. The number of carbonyl (C=O) groups excluding carboxylic acids is 2. The number of rotatable bonds is 7. The summed E-state index contributed by atoms with van der Waals surface area (Å²) in [6.07, 6.45) is 4.52. The number of benzene rings is 1. The van der Waals surface area contributed by atoms with Crippen LogP contribution in [0.3, 0.4) is 0 Å². The van der Waals surface area contributed by atoms with E-state index in [0.717, 1.165) is 18.7 Å². The fourth-order valence-corrected chi connectivity index (χ4v) is 2.83. The van der Waals surface area contributed by atoms with Crippen molar-refractivity contribution in [2.24, 2.45) is 0 Å². The molecule has 0 atom stereocenters. The maximum absolute atomic E-state index is 12.1. The molecular formula is C20H24N4O3. The average Bonchev–Trinajstić information content (AvgIpc) is 2.69. The van der Waals surface area contributed by atoms with E-state index in [1.54, 1.807) is 36.7 Å². The number of anilines is 2. The number of aryl methyl sites for hydroxylation is 1. The molecule has 7 heteroatoms. The molecule has 1 aliphatic rings. The zero-order valence-corrected chi connectivity index (χ0v) is 15.2. The molecule has 0 aliphatic carbocycles. The first-order valence-electron chi connectivity index (χ1n) is 9.08. The van der Waals surface area contributed by atoms with Gasteiger partial charge in [-0.25, -0.2) is 0 Å². The van der Waals surface area contributed by atoms with Gasteiger partial charge < -0.3 is 15.4 Å². The van der Waals surface area contributed by atoms with Crippen LogP contribution in [0.4, 0.5) is 11.4 Å². The van der Waals surface area contributed by atoms with Crippen molar-refractivity contribution in [1.82, 2.24) is 9.88 Å². The van der Waals surface area contributed by atoms with E-state index in [0.29, 0.717) is 44.0 Å². The van der Waals surface area contributed by atoms with Crippen molar-refractivity contribution < 1.29 is 14.3 Å². The minimum atomic E-state index is -0.0528. The van der Waals surface area contributed by atoms with E-state index in [1.807, 2.05) is 12.1 Å². The summed E-state index contributed by atoms with van der Waals surface area (Å²) >= 11 is 0. The van der Waals surface area contributed by atoms with Gasteiger partial charge in [-0.1, -0.05) is 6.07 Å². The first-order valence-corrected chi connectivity index (χ1v) is 9.08. The number of carbonyl (C=O) groups is 2. The summed E-state index contributed by atoms with van der Waals surface area (Å²) < 4.78 is 5.28. The number of pyridine rings is 1. The van der Waals surface area contributed by atoms with Crippen molar-refractivity contribution in [1.29, 1.82) is 0 Å². The van der Waals surface area contributed by atoms with E-state index in [4.69, 9.17) is 4.74 Å². The molecule has 2 heterocycles. The van der Waals surface area contributed by atoms with Crippen LogP contribution in [-0.4, -0.2) is 54.5 Å². The first kappa shape index (κ1) is 19.0. The molecule has 2 amide bonds. The Labute approximate surface area is 158 Å². The number of nitrogens with zero attached hydrogens (tertiary/aromatic N) is 2. The predicted octanol–water partition coefficient (Wildman–Crippen LogP) is 1.92. The van der Waals surface area contributed by atoms with Crippen LogP contribution in [0.15, 0.2) is 48.8 Å². The topological polar surface area (TPSA) is 83.6 Å². The molecule has 1 aliphatic heterocycles. The highest BCUT2D eigenvalue weighted by Gasteiger charge is 2.14. The zero-order valence-electron chi connectivity index (χ0n) is 15.2. The molecule has 3 rings (SSSR count). The van der Waals surface area contributed by atoms with E-state index >= 15 is 0 Å². The molecule has 2 aromatic rings. The molecule has 0 spiro atoms. The number of nitrogens with one attached hydrogen (secondary N) is 2. The molecule has 1 saturated heterocycles. The first-order chi connectivity index (χ1) is 13.2. The number of amides is 2. The predicted molar refractivity (Wildman–Crippen MR) is 104 cm³/mol. The molecule has 1 fully saturated rings. The monoisotopic (exact) mass is 368 g/mol. The van der Waals surface area contributed by atoms with Gasteiger partial charge in [-0.3, -0.25) is 19.5 Å². The van der Waals surface area contributed by atoms with Gasteiger partial charge in [-0.05, 0) is 42.3 Å².